The van der Waals surface area contributed by atoms with Gasteiger partial charge in [-0.2, -0.15) is 0 Å². The Kier molecular flexibility index (Phi) is 5.14. The van der Waals surface area contributed by atoms with Gasteiger partial charge in [0.2, 0.25) is 5.91 Å². The smallest absolute Gasteiger partial charge is 0.253 e. The van der Waals surface area contributed by atoms with Crippen molar-refractivity contribution in [3.05, 3.63) is 64.2 Å². The number of halogens is 1. The van der Waals surface area contributed by atoms with E-state index in [2.05, 4.69) is 10.6 Å². The molecule has 0 aliphatic carbocycles. The molecule has 0 radical (unpaired) electrons. The van der Waals surface area contributed by atoms with E-state index in [1.54, 1.807) is 0 Å². The summed E-state index contributed by atoms with van der Waals surface area (Å²) in [6.07, 6.45) is 2.02. The second kappa shape index (κ2) is 7.71. The first-order chi connectivity index (χ1) is 13.1. The minimum atomic E-state index is 0.0359. The number of nitrogens with zero attached hydrogens (tertiary/aromatic N) is 1. The Hall–Kier alpha value is -2.37. The number of amides is 2. The number of fused-ring (bicyclic) bond motifs is 1. The molecule has 0 aromatic heterocycles. The number of piperazine rings is 1. The summed E-state index contributed by atoms with van der Waals surface area (Å²) in [7, 11) is 0. The van der Waals surface area contributed by atoms with E-state index in [4.69, 9.17) is 11.6 Å². The maximum Gasteiger partial charge on any atom is 0.253 e. The van der Waals surface area contributed by atoms with Gasteiger partial charge in [-0.05, 0) is 54.3 Å². The Morgan fingerprint density at radius 3 is 2.78 bits per heavy atom. The molecule has 1 fully saturated rings. The van der Waals surface area contributed by atoms with E-state index in [1.165, 1.54) is 5.56 Å². The van der Waals surface area contributed by atoms with E-state index in [1.807, 2.05) is 47.4 Å². The Bertz CT molecular complexity index is 866. The van der Waals surface area contributed by atoms with Crippen LogP contribution >= 0.6 is 11.6 Å². The van der Waals surface area contributed by atoms with Gasteiger partial charge in [0.15, 0.2) is 0 Å². The maximum atomic E-state index is 13.0. The van der Waals surface area contributed by atoms with Crippen LogP contribution in [-0.2, 0) is 17.6 Å². The van der Waals surface area contributed by atoms with Crippen molar-refractivity contribution in [2.75, 3.05) is 25.0 Å². The first-order valence-corrected chi connectivity index (χ1v) is 9.66. The number of anilines is 1. The average Bonchev–Trinajstić information content (AvgIpc) is 2.69. The number of benzene rings is 2. The molecule has 1 unspecified atom stereocenters. The number of hydrogen-bond acceptors (Lipinski definition) is 3. The van der Waals surface area contributed by atoms with E-state index in [9.17, 15) is 9.59 Å². The molecule has 2 amide bonds. The van der Waals surface area contributed by atoms with Crippen LogP contribution in [0.3, 0.4) is 0 Å². The third-order valence-electron chi connectivity index (χ3n) is 5.19. The van der Waals surface area contributed by atoms with Gasteiger partial charge in [-0.15, -0.1) is 0 Å². The zero-order chi connectivity index (χ0) is 18.8. The van der Waals surface area contributed by atoms with Gasteiger partial charge in [-0.1, -0.05) is 23.7 Å². The van der Waals surface area contributed by atoms with Gasteiger partial charge >= 0.3 is 0 Å². The van der Waals surface area contributed by atoms with Crippen LogP contribution in [0.2, 0.25) is 5.02 Å². The largest absolute Gasteiger partial charge is 0.336 e. The standard InChI is InChI=1S/C21H22ClN3O2/c22-17-5-1-14(2-6-17)11-18-13-25(10-9-23-18)21(27)16-3-7-19-15(12-16)4-8-20(26)24-19/h1-3,5-7,12,18,23H,4,8-11,13H2,(H,24,26). The van der Waals surface area contributed by atoms with E-state index >= 15 is 0 Å². The van der Waals surface area contributed by atoms with E-state index in [-0.39, 0.29) is 17.9 Å². The molecule has 2 heterocycles. The predicted molar refractivity (Wildman–Crippen MR) is 106 cm³/mol. The summed E-state index contributed by atoms with van der Waals surface area (Å²) < 4.78 is 0. The Labute approximate surface area is 163 Å². The molecule has 2 N–H and O–H groups in total. The summed E-state index contributed by atoms with van der Waals surface area (Å²) >= 11 is 5.95. The molecule has 2 aromatic rings. The quantitative estimate of drug-likeness (QED) is 0.856. The normalized spacial score (nSPS) is 19.4. The van der Waals surface area contributed by atoms with Crippen molar-refractivity contribution in [1.82, 2.24) is 10.2 Å². The SMILES string of the molecule is O=C1CCc2cc(C(=O)N3CCNC(Cc4ccc(Cl)cc4)C3)ccc2N1. The average molecular weight is 384 g/mol. The second-order valence-corrected chi connectivity index (χ2v) is 7.59. The van der Waals surface area contributed by atoms with Crippen molar-refractivity contribution in [3.8, 4) is 0 Å². The van der Waals surface area contributed by atoms with Crippen LogP contribution in [0.1, 0.15) is 27.9 Å². The second-order valence-electron chi connectivity index (χ2n) is 7.15. The number of nitrogens with one attached hydrogen (secondary N) is 2. The number of carbonyl (C=O) groups is 2. The van der Waals surface area contributed by atoms with Gasteiger partial charge in [-0.25, -0.2) is 0 Å². The molecule has 0 saturated carbocycles. The third-order valence-corrected chi connectivity index (χ3v) is 5.44. The zero-order valence-electron chi connectivity index (χ0n) is 15.0. The molecule has 1 atom stereocenters. The van der Waals surface area contributed by atoms with Crippen LogP contribution in [0.25, 0.3) is 0 Å². The lowest BCUT2D eigenvalue weighted by atomic mass is 9.99. The molecular formula is C21H22ClN3O2. The van der Waals surface area contributed by atoms with Crippen LogP contribution in [0.5, 0.6) is 0 Å². The Balaban J connectivity index is 1.44. The molecule has 27 heavy (non-hydrogen) atoms. The minimum Gasteiger partial charge on any atom is -0.336 e. The highest BCUT2D eigenvalue weighted by molar-refractivity contribution is 6.30. The monoisotopic (exact) mass is 383 g/mol. The van der Waals surface area contributed by atoms with Gasteiger partial charge < -0.3 is 15.5 Å². The van der Waals surface area contributed by atoms with Crippen molar-refractivity contribution in [3.63, 3.8) is 0 Å². The lowest BCUT2D eigenvalue weighted by Gasteiger charge is -2.34. The van der Waals surface area contributed by atoms with Crippen molar-refractivity contribution in [1.29, 1.82) is 0 Å². The first kappa shape index (κ1) is 18.0. The van der Waals surface area contributed by atoms with Crippen LogP contribution in [0.15, 0.2) is 42.5 Å². The van der Waals surface area contributed by atoms with Crippen LogP contribution in [0.4, 0.5) is 5.69 Å². The maximum absolute atomic E-state index is 13.0. The van der Waals surface area contributed by atoms with Crippen LogP contribution in [-0.4, -0.2) is 42.4 Å². The van der Waals surface area contributed by atoms with Crippen molar-refractivity contribution >= 4 is 29.1 Å². The Morgan fingerprint density at radius 2 is 1.96 bits per heavy atom. The summed E-state index contributed by atoms with van der Waals surface area (Å²) in [5.41, 5.74) is 3.75. The van der Waals surface area contributed by atoms with Crippen LogP contribution < -0.4 is 10.6 Å². The molecule has 5 nitrogen and oxygen atoms in total. The highest BCUT2D eigenvalue weighted by Gasteiger charge is 2.25. The molecule has 1 saturated heterocycles. The minimum absolute atomic E-state index is 0.0359. The molecule has 6 heteroatoms. The third kappa shape index (κ3) is 4.15. The number of carbonyl (C=O) groups excluding carboxylic acids is 2. The summed E-state index contributed by atoms with van der Waals surface area (Å²) in [6.45, 7) is 2.16. The predicted octanol–water partition coefficient (Wildman–Crippen LogP) is 2.88. The van der Waals surface area contributed by atoms with Crippen molar-refractivity contribution < 1.29 is 9.59 Å². The lowest BCUT2D eigenvalue weighted by Crippen LogP contribution is -2.53. The van der Waals surface area contributed by atoms with Crippen LogP contribution in [0, 0.1) is 0 Å². The summed E-state index contributed by atoms with van der Waals surface area (Å²) in [5, 5.41) is 7.09. The van der Waals surface area contributed by atoms with Gasteiger partial charge in [0, 0.05) is 48.4 Å². The molecule has 140 valence electrons. The topological polar surface area (TPSA) is 61.4 Å². The lowest BCUT2D eigenvalue weighted by molar-refractivity contribution is -0.116. The number of rotatable bonds is 3. The van der Waals surface area contributed by atoms with E-state index < -0.39 is 0 Å². The fraction of sp³-hybridized carbons (Fsp3) is 0.333. The molecule has 0 bridgehead atoms. The number of hydrogen-bond donors (Lipinski definition) is 2. The molecule has 2 aliphatic rings. The van der Waals surface area contributed by atoms with Gasteiger partial charge in [0.1, 0.15) is 0 Å². The van der Waals surface area contributed by atoms with E-state index in [0.29, 0.717) is 31.5 Å². The van der Waals surface area contributed by atoms with Gasteiger partial charge in [0.05, 0.1) is 0 Å². The van der Waals surface area contributed by atoms with Gasteiger partial charge in [-0.3, -0.25) is 9.59 Å². The Morgan fingerprint density at radius 1 is 1.15 bits per heavy atom. The molecular weight excluding hydrogens is 362 g/mol. The molecule has 4 rings (SSSR count). The fourth-order valence-corrected chi connectivity index (χ4v) is 3.88. The molecule has 2 aliphatic heterocycles. The van der Waals surface area contributed by atoms with Gasteiger partial charge in [0.25, 0.3) is 5.91 Å². The first-order valence-electron chi connectivity index (χ1n) is 9.28. The summed E-state index contributed by atoms with van der Waals surface area (Å²) in [4.78, 5) is 26.4. The van der Waals surface area contributed by atoms with E-state index in [0.717, 1.165) is 29.2 Å². The highest BCUT2D eigenvalue weighted by atomic mass is 35.5. The molecule has 0 spiro atoms. The summed E-state index contributed by atoms with van der Waals surface area (Å²) in [5.74, 6) is 0.0889. The highest BCUT2D eigenvalue weighted by Crippen LogP contribution is 2.24. The summed E-state index contributed by atoms with van der Waals surface area (Å²) in [6, 6.07) is 13.7. The number of aryl methyl sites for hydroxylation is 1. The van der Waals surface area contributed by atoms with Crippen molar-refractivity contribution in [2.24, 2.45) is 0 Å². The fourth-order valence-electron chi connectivity index (χ4n) is 3.75. The molecule has 2 aromatic carbocycles. The zero-order valence-corrected chi connectivity index (χ0v) is 15.8. The van der Waals surface area contributed by atoms with Crippen molar-refractivity contribution in [2.45, 2.75) is 25.3 Å².